The van der Waals surface area contributed by atoms with Crippen LogP contribution in [0.3, 0.4) is 0 Å². The van der Waals surface area contributed by atoms with E-state index in [9.17, 15) is 27.6 Å². The van der Waals surface area contributed by atoms with Crippen LogP contribution >= 0.6 is 0 Å². The largest absolute Gasteiger partial charge is 0.463 e. The molecule has 2 amide bonds. The van der Waals surface area contributed by atoms with Gasteiger partial charge in [-0.05, 0) is 31.9 Å². The summed E-state index contributed by atoms with van der Waals surface area (Å²) in [5, 5.41) is 1.00. The van der Waals surface area contributed by atoms with Gasteiger partial charge >= 0.3 is 18.0 Å². The second kappa shape index (κ2) is 11.0. The summed E-state index contributed by atoms with van der Waals surface area (Å²) in [4.78, 5) is 51.4. The number of ether oxygens (including phenoxy) is 3. The van der Waals surface area contributed by atoms with E-state index in [4.69, 9.17) is 14.2 Å². The smallest absolute Gasteiger partial charge is 0.408 e. The quantitative estimate of drug-likeness (QED) is 0.277. The summed E-state index contributed by atoms with van der Waals surface area (Å²) in [6.07, 6.45) is -0.842. The van der Waals surface area contributed by atoms with Crippen LogP contribution in [-0.2, 0) is 51.6 Å². The number of esters is 2. The molecule has 2 heterocycles. The van der Waals surface area contributed by atoms with E-state index in [0.717, 1.165) is 10.5 Å². The number of hydrogen-bond acceptors (Lipinski definition) is 9. The molecule has 12 heteroatoms. The zero-order valence-corrected chi connectivity index (χ0v) is 22.6. The predicted octanol–water partition coefficient (Wildman–Crippen LogP) is 1.95. The van der Waals surface area contributed by atoms with Crippen molar-refractivity contribution in [1.82, 2.24) is 10.2 Å². The number of carbonyl (C=O) groups excluding carboxylic acids is 4. The number of nitrogens with zero attached hydrogens (tertiary/aromatic N) is 1. The second-order valence-electron chi connectivity index (χ2n) is 9.94. The summed E-state index contributed by atoms with van der Waals surface area (Å²) in [6.45, 7) is 3.53. The minimum Gasteiger partial charge on any atom is -0.463 e. The molecule has 0 bridgehead atoms. The van der Waals surface area contributed by atoms with Gasteiger partial charge in [-0.2, -0.15) is 0 Å². The maximum atomic E-state index is 13.3. The minimum atomic E-state index is -4.02. The Bertz CT molecular complexity index is 1350. The third-order valence-electron chi connectivity index (χ3n) is 6.93. The van der Waals surface area contributed by atoms with Gasteiger partial charge in [0.1, 0.15) is 37.8 Å². The average molecular weight is 559 g/mol. The second-order valence-corrected chi connectivity index (χ2v) is 12.6. The van der Waals surface area contributed by atoms with Crippen LogP contribution in [0.15, 0.2) is 60.7 Å². The van der Waals surface area contributed by atoms with Gasteiger partial charge < -0.3 is 24.4 Å². The van der Waals surface area contributed by atoms with Gasteiger partial charge in [0, 0.05) is 0 Å². The van der Waals surface area contributed by atoms with Gasteiger partial charge in [0.15, 0.2) is 15.2 Å². The number of fused-ring (bicyclic) bond motifs is 1. The van der Waals surface area contributed by atoms with Crippen molar-refractivity contribution in [1.29, 1.82) is 0 Å². The number of amides is 2. The summed E-state index contributed by atoms with van der Waals surface area (Å²) in [7, 11) is -4.02. The van der Waals surface area contributed by atoms with Crippen LogP contribution in [0.4, 0.5) is 4.79 Å². The van der Waals surface area contributed by atoms with Crippen LogP contribution in [0.2, 0.25) is 0 Å². The molecule has 4 rings (SSSR count). The lowest BCUT2D eigenvalue weighted by Gasteiger charge is -2.42. The Hall–Kier alpha value is -3.93. The Morgan fingerprint density at radius 1 is 0.923 bits per heavy atom. The Kier molecular flexibility index (Phi) is 7.96. The first-order valence-electron chi connectivity index (χ1n) is 12.3. The highest BCUT2D eigenvalue weighted by Gasteiger charge is 2.72. The fraction of sp³-hybridized carbons (Fsp3) is 0.407. The Morgan fingerprint density at radius 3 is 2.03 bits per heavy atom. The zero-order chi connectivity index (χ0) is 28.4. The van der Waals surface area contributed by atoms with E-state index in [2.05, 4.69) is 5.32 Å². The Labute approximate surface area is 226 Å². The van der Waals surface area contributed by atoms with Gasteiger partial charge in [-0.15, -0.1) is 0 Å². The molecule has 2 aromatic carbocycles. The van der Waals surface area contributed by atoms with Crippen LogP contribution in [0.25, 0.3) is 0 Å². The minimum absolute atomic E-state index is 0.00509. The fourth-order valence-corrected chi connectivity index (χ4v) is 6.94. The highest BCUT2D eigenvalue weighted by atomic mass is 32.2. The lowest BCUT2D eigenvalue weighted by atomic mass is 9.92. The summed E-state index contributed by atoms with van der Waals surface area (Å²) >= 11 is 0. The highest BCUT2D eigenvalue weighted by Crippen LogP contribution is 2.49. The van der Waals surface area contributed by atoms with Crippen molar-refractivity contribution in [3.8, 4) is 0 Å². The van der Waals surface area contributed by atoms with Crippen LogP contribution < -0.4 is 5.32 Å². The van der Waals surface area contributed by atoms with Gasteiger partial charge in [0.2, 0.25) is 5.91 Å². The number of rotatable bonds is 9. The lowest BCUT2D eigenvalue weighted by Crippen LogP contribution is -2.65. The molecule has 11 nitrogen and oxygen atoms in total. The van der Waals surface area contributed by atoms with Gasteiger partial charge in [0.05, 0.1) is 4.75 Å². The van der Waals surface area contributed by atoms with E-state index >= 15 is 0 Å². The van der Waals surface area contributed by atoms with Crippen molar-refractivity contribution >= 4 is 33.8 Å². The molecule has 4 atom stereocenters. The first kappa shape index (κ1) is 28.1. The third-order valence-corrected chi connectivity index (χ3v) is 9.81. The predicted molar refractivity (Wildman–Crippen MR) is 137 cm³/mol. The third kappa shape index (κ3) is 5.47. The maximum Gasteiger partial charge on any atom is 0.408 e. The van der Waals surface area contributed by atoms with Crippen molar-refractivity contribution in [3.63, 3.8) is 0 Å². The van der Waals surface area contributed by atoms with Crippen molar-refractivity contribution in [2.45, 2.75) is 56.2 Å². The normalized spacial score (nSPS) is 23.1. The molecule has 1 N–H and O–H groups in total. The van der Waals surface area contributed by atoms with E-state index in [0.29, 0.717) is 5.56 Å². The maximum absolute atomic E-state index is 13.3. The molecule has 0 aliphatic carbocycles. The molecule has 2 fully saturated rings. The van der Waals surface area contributed by atoms with Crippen LogP contribution in [0.1, 0.15) is 31.9 Å². The average Bonchev–Trinajstić information content (AvgIpc) is 3.06. The number of benzene rings is 2. The first-order chi connectivity index (χ1) is 18.4. The van der Waals surface area contributed by atoms with E-state index in [1.54, 1.807) is 48.5 Å². The molecule has 2 aliphatic rings. The standard InChI is InChI=1S/C27H30N2O9S/c1-17(28-26(33)38-15-19-12-8-5-9-13-19)24(31)37-16-20-22(30)29-21(27(2,3)39(34,35)23(20)29)25(32)36-14-18-10-6-4-7-11-18/h4-13,17,20-21,23H,14-16H2,1-3H3,(H,28,33)/t17-,20+,21-,23+/m0/s1. The molecule has 2 aromatic rings. The molecule has 0 unspecified atom stereocenters. The summed E-state index contributed by atoms with van der Waals surface area (Å²) in [5.41, 5.74) is 1.48. The molecule has 0 aromatic heterocycles. The number of sulfone groups is 1. The molecular formula is C27H30N2O9S. The lowest BCUT2D eigenvalue weighted by molar-refractivity contribution is -0.172. The van der Waals surface area contributed by atoms with Crippen molar-refractivity contribution in [3.05, 3.63) is 71.8 Å². The number of nitrogens with one attached hydrogen (secondary N) is 1. The highest BCUT2D eigenvalue weighted by molar-refractivity contribution is 7.93. The monoisotopic (exact) mass is 558 g/mol. The van der Waals surface area contributed by atoms with Crippen LogP contribution in [0, 0.1) is 5.92 Å². The van der Waals surface area contributed by atoms with E-state index in [1.807, 2.05) is 12.1 Å². The van der Waals surface area contributed by atoms with E-state index in [-0.39, 0.29) is 13.2 Å². The van der Waals surface area contributed by atoms with E-state index in [1.165, 1.54) is 20.8 Å². The van der Waals surface area contributed by atoms with Gasteiger partial charge in [0.25, 0.3) is 0 Å². The van der Waals surface area contributed by atoms with Gasteiger partial charge in [-0.3, -0.25) is 4.79 Å². The number of alkyl carbamates (subject to hydrolysis) is 1. The summed E-state index contributed by atoms with van der Waals surface area (Å²) in [5.74, 6) is -3.51. The number of carbonyl (C=O) groups is 4. The first-order valence-corrected chi connectivity index (χ1v) is 13.9. The van der Waals surface area contributed by atoms with Crippen LogP contribution in [-0.4, -0.2) is 66.1 Å². The summed E-state index contributed by atoms with van der Waals surface area (Å²) in [6, 6.07) is 15.4. The summed E-state index contributed by atoms with van der Waals surface area (Å²) < 4.78 is 40.6. The number of hydrogen-bond donors (Lipinski definition) is 1. The Balaban J connectivity index is 1.33. The fourth-order valence-electron chi connectivity index (χ4n) is 4.65. The van der Waals surface area contributed by atoms with Crippen molar-refractivity contribution < 1.29 is 41.8 Å². The van der Waals surface area contributed by atoms with Gasteiger partial charge in [-0.1, -0.05) is 60.7 Å². The van der Waals surface area contributed by atoms with Crippen molar-refractivity contribution in [2.75, 3.05) is 6.61 Å². The molecule has 2 saturated heterocycles. The molecule has 208 valence electrons. The van der Waals surface area contributed by atoms with Crippen LogP contribution in [0.5, 0.6) is 0 Å². The topological polar surface area (TPSA) is 145 Å². The molecule has 2 aliphatic heterocycles. The van der Waals surface area contributed by atoms with E-state index < -0.39 is 68.5 Å². The SMILES string of the molecule is C[C@H](NC(=O)OCc1ccccc1)C(=O)OC[C@@H]1C(=O)N2[C@@H](C(=O)OCc3ccccc3)C(C)(C)S(=O)(=O)[C@H]12. The molecule has 0 spiro atoms. The Morgan fingerprint density at radius 2 is 1.46 bits per heavy atom. The van der Waals surface area contributed by atoms with Crippen molar-refractivity contribution in [2.24, 2.45) is 5.92 Å². The number of β-lactam (4-membered cyclic amide) rings is 1. The molecule has 0 saturated carbocycles. The molecule has 0 radical (unpaired) electrons. The zero-order valence-electron chi connectivity index (χ0n) is 21.7. The molecular weight excluding hydrogens is 528 g/mol. The molecule has 39 heavy (non-hydrogen) atoms. The van der Waals surface area contributed by atoms with Gasteiger partial charge in [-0.25, -0.2) is 22.8 Å².